The van der Waals surface area contributed by atoms with E-state index in [-0.39, 0.29) is 11.0 Å². The first-order valence-electron chi connectivity index (χ1n) is 4.23. The van der Waals surface area contributed by atoms with E-state index in [1.165, 1.54) is 0 Å². The van der Waals surface area contributed by atoms with Gasteiger partial charge in [-0.2, -0.15) is 5.16 Å². The van der Waals surface area contributed by atoms with Gasteiger partial charge < -0.3 is 4.52 Å². The van der Waals surface area contributed by atoms with Gasteiger partial charge in [0, 0.05) is 10.7 Å². The summed E-state index contributed by atoms with van der Waals surface area (Å²) in [5.74, 6) is 0.761. The third-order valence-corrected chi connectivity index (χ3v) is 2.22. The third kappa shape index (κ3) is 2.24. The molecule has 0 atom stereocenters. The van der Waals surface area contributed by atoms with Crippen molar-refractivity contribution < 1.29 is 4.52 Å². The molecule has 0 fully saturated rings. The minimum Gasteiger partial charge on any atom is -0.383 e. The first-order valence-corrected chi connectivity index (χ1v) is 5.35. The number of hydrogen-bond acceptors (Lipinski definition) is 2. The molecule has 0 amide bonds. The predicted octanol–water partition coefficient (Wildman–Crippen LogP) is 2.20. The Hall–Kier alpha value is -0.510. The van der Waals surface area contributed by atoms with Crippen molar-refractivity contribution in [2.45, 2.75) is 32.6 Å². The van der Waals surface area contributed by atoms with Crippen LogP contribution in [0.1, 0.15) is 32.1 Å². The highest BCUT2D eigenvalue weighted by Crippen LogP contribution is 2.23. The van der Waals surface area contributed by atoms with Crippen molar-refractivity contribution in [2.75, 3.05) is 5.33 Å². The van der Waals surface area contributed by atoms with Crippen molar-refractivity contribution in [1.82, 2.24) is 5.16 Å². The van der Waals surface area contributed by atoms with Crippen LogP contribution in [-0.2, 0) is 11.8 Å². The van der Waals surface area contributed by atoms with Gasteiger partial charge in [-0.15, -0.1) is 0 Å². The van der Waals surface area contributed by atoms with Crippen LogP contribution in [0.2, 0.25) is 0 Å². The van der Waals surface area contributed by atoms with Crippen molar-refractivity contribution in [3.05, 3.63) is 21.7 Å². The van der Waals surface area contributed by atoms with E-state index >= 15 is 0 Å². The number of halogens is 1. The molecule has 0 unspecified atom stereocenters. The number of rotatable bonds is 2. The van der Waals surface area contributed by atoms with Crippen LogP contribution in [0.4, 0.5) is 0 Å². The highest BCUT2D eigenvalue weighted by atomic mass is 79.9. The van der Waals surface area contributed by atoms with Gasteiger partial charge in [-0.3, -0.25) is 4.79 Å². The smallest absolute Gasteiger partial charge is 0.283 e. The molecule has 1 rings (SSSR count). The minimum atomic E-state index is -0.114. The van der Waals surface area contributed by atoms with Gasteiger partial charge in [-0.25, -0.2) is 0 Å². The Kier molecular flexibility index (Phi) is 3.01. The second kappa shape index (κ2) is 3.70. The summed E-state index contributed by atoms with van der Waals surface area (Å²) in [7, 11) is 0. The molecule has 74 valence electrons. The molecule has 1 aromatic heterocycles. The minimum absolute atomic E-state index is 0.107. The normalized spacial score (nSPS) is 12.0. The Morgan fingerprint density at radius 1 is 1.46 bits per heavy atom. The van der Waals surface area contributed by atoms with Gasteiger partial charge in [-0.1, -0.05) is 36.7 Å². The zero-order valence-corrected chi connectivity index (χ0v) is 9.69. The fourth-order valence-corrected chi connectivity index (χ4v) is 1.65. The summed E-state index contributed by atoms with van der Waals surface area (Å²) < 4.78 is 5.15. The molecule has 0 bridgehead atoms. The van der Waals surface area contributed by atoms with Crippen LogP contribution in [-0.4, -0.2) is 10.5 Å². The van der Waals surface area contributed by atoms with Crippen LogP contribution in [0, 0.1) is 0 Å². The van der Waals surface area contributed by atoms with Crippen LogP contribution in [0.3, 0.4) is 0 Å². The lowest BCUT2D eigenvalue weighted by molar-refractivity contribution is 0.324. The molecule has 0 aliphatic heterocycles. The number of aromatic nitrogens is 1. The fraction of sp³-hybridized carbons (Fsp3) is 0.667. The van der Waals surface area contributed by atoms with E-state index in [0.29, 0.717) is 6.42 Å². The molecule has 0 aliphatic rings. The lowest BCUT2D eigenvalue weighted by atomic mass is 9.90. The summed E-state index contributed by atoms with van der Waals surface area (Å²) in [4.78, 5) is 11.3. The quantitative estimate of drug-likeness (QED) is 0.815. The SMILES string of the molecule is CC(C)(C)c1o[nH]c(=O)c1CCBr. The second-order valence-corrected chi connectivity index (χ2v) is 4.82. The first-order chi connectivity index (χ1) is 5.96. The summed E-state index contributed by atoms with van der Waals surface area (Å²) in [6, 6.07) is 0. The van der Waals surface area contributed by atoms with E-state index in [0.717, 1.165) is 16.7 Å². The van der Waals surface area contributed by atoms with E-state index in [9.17, 15) is 4.79 Å². The average Bonchev–Trinajstić information content (AvgIpc) is 2.32. The summed E-state index contributed by atoms with van der Waals surface area (Å²) in [6.07, 6.45) is 0.707. The van der Waals surface area contributed by atoms with Crippen molar-refractivity contribution >= 4 is 15.9 Å². The van der Waals surface area contributed by atoms with Gasteiger partial charge in [0.25, 0.3) is 5.56 Å². The first kappa shape index (κ1) is 10.6. The Labute approximate surface area is 85.6 Å². The highest BCUT2D eigenvalue weighted by Gasteiger charge is 2.24. The number of H-pyrrole nitrogens is 1. The van der Waals surface area contributed by atoms with Gasteiger partial charge in [0.2, 0.25) is 0 Å². The molecule has 4 heteroatoms. The van der Waals surface area contributed by atoms with Gasteiger partial charge in [-0.05, 0) is 6.42 Å². The van der Waals surface area contributed by atoms with Crippen LogP contribution in [0.5, 0.6) is 0 Å². The molecular formula is C9H14BrNO2. The second-order valence-electron chi connectivity index (χ2n) is 4.03. The molecule has 3 nitrogen and oxygen atoms in total. The molecule has 1 heterocycles. The van der Waals surface area contributed by atoms with Gasteiger partial charge in [0.15, 0.2) is 0 Å². The highest BCUT2D eigenvalue weighted by molar-refractivity contribution is 9.09. The van der Waals surface area contributed by atoms with E-state index in [1.54, 1.807) is 0 Å². The Morgan fingerprint density at radius 2 is 2.08 bits per heavy atom. The number of alkyl halides is 1. The molecule has 0 aromatic carbocycles. The van der Waals surface area contributed by atoms with Crippen LogP contribution in [0.15, 0.2) is 9.32 Å². The zero-order valence-electron chi connectivity index (χ0n) is 8.11. The van der Waals surface area contributed by atoms with E-state index in [2.05, 4.69) is 21.1 Å². The van der Waals surface area contributed by atoms with Gasteiger partial charge in [0.1, 0.15) is 5.76 Å². The van der Waals surface area contributed by atoms with E-state index in [1.807, 2.05) is 20.8 Å². The number of nitrogens with one attached hydrogen (secondary N) is 1. The summed E-state index contributed by atoms with van der Waals surface area (Å²) in [5, 5.41) is 3.15. The maximum atomic E-state index is 11.3. The maximum absolute atomic E-state index is 11.3. The topological polar surface area (TPSA) is 46.0 Å². The molecule has 1 aromatic rings. The Bertz CT molecular complexity index is 332. The molecule has 0 spiro atoms. The van der Waals surface area contributed by atoms with Crippen LogP contribution in [0.25, 0.3) is 0 Å². The van der Waals surface area contributed by atoms with Crippen molar-refractivity contribution in [1.29, 1.82) is 0 Å². The molecule has 0 radical (unpaired) electrons. The van der Waals surface area contributed by atoms with E-state index < -0.39 is 0 Å². The van der Waals surface area contributed by atoms with Gasteiger partial charge >= 0.3 is 0 Å². The Balaban J connectivity index is 3.15. The molecule has 1 N–H and O–H groups in total. The van der Waals surface area contributed by atoms with Crippen LogP contribution >= 0.6 is 15.9 Å². The van der Waals surface area contributed by atoms with E-state index in [4.69, 9.17) is 4.52 Å². The van der Waals surface area contributed by atoms with Crippen LogP contribution < -0.4 is 5.56 Å². The van der Waals surface area contributed by atoms with Gasteiger partial charge in [0.05, 0.1) is 5.56 Å². The standard InChI is InChI=1S/C9H14BrNO2/c1-9(2,3)7-6(4-5-10)8(12)11-13-7/h4-5H2,1-3H3,(H,11,12). The average molecular weight is 248 g/mol. The Morgan fingerprint density at radius 3 is 2.54 bits per heavy atom. The number of aromatic amines is 1. The molecule has 0 saturated carbocycles. The molecule has 0 saturated heterocycles. The van der Waals surface area contributed by atoms with Crippen molar-refractivity contribution in [2.24, 2.45) is 0 Å². The lowest BCUT2D eigenvalue weighted by Crippen LogP contribution is -2.16. The largest absolute Gasteiger partial charge is 0.383 e. The van der Waals surface area contributed by atoms with Crippen molar-refractivity contribution in [3.63, 3.8) is 0 Å². The molecule has 13 heavy (non-hydrogen) atoms. The maximum Gasteiger partial charge on any atom is 0.283 e. The lowest BCUT2D eigenvalue weighted by Gasteiger charge is -2.15. The summed E-state index contributed by atoms with van der Waals surface area (Å²) in [5.41, 5.74) is 0.533. The number of hydrogen-bond donors (Lipinski definition) is 1. The molecular weight excluding hydrogens is 234 g/mol. The zero-order chi connectivity index (χ0) is 10.1. The third-order valence-electron chi connectivity index (χ3n) is 1.82. The van der Waals surface area contributed by atoms with Crippen molar-refractivity contribution in [3.8, 4) is 0 Å². The fourth-order valence-electron chi connectivity index (χ4n) is 1.25. The molecule has 0 aliphatic carbocycles. The predicted molar refractivity (Wildman–Crippen MR) is 55.5 cm³/mol. The summed E-state index contributed by atoms with van der Waals surface area (Å²) >= 11 is 3.31. The monoisotopic (exact) mass is 247 g/mol. The summed E-state index contributed by atoms with van der Waals surface area (Å²) in [6.45, 7) is 6.07.